The van der Waals surface area contributed by atoms with Crippen LogP contribution in [0.4, 0.5) is 15.4 Å². The lowest BCUT2D eigenvalue weighted by atomic mass is 10.2. The predicted octanol–water partition coefficient (Wildman–Crippen LogP) is 4.04. The highest BCUT2D eigenvalue weighted by molar-refractivity contribution is 6.30. The smallest absolute Gasteiger partial charge is 0.415 e. The van der Waals surface area contributed by atoms with Crippen LogP contribution in [-0.2, 0) is 16.5 Å². The van der Waals surface area contributed by atoms with Gasteiger partial charge >= 0.3 is 12.2 Å². The molecule has 0 saturated carbocycles. The molecule has 0 N–H and O–H groups in total. The third-order valence-corrected chi connectivity index (χ3v) is 3.99. The van der Waals surface area contributed by atoms with Gasteiger partial charge < -0.3 is 14.4 Å². The summed E-state index contributed by atoms with van der Waals surface area (Å²) < 4.78 is 12.1. The van der Waals surface area contributed by atoms with Gasteiger partial charge in [0.1, 0.15) is 22.0 Å². The Hall–Kier alpha value is -2.22. The summed E-state index contributed by atoms with van der Waals surface area (Å²) in [6, 6.07) is 3.04. The molecule has 0 spiro atoms. The molecular weight excluding hydrogens is 398 g/mol. The lowest BCUT2D eigenvalue weighted by molar-refractivity contribution is 0.0298. The topological polar surface area (TPSA) is 81.1 Å². The van der Waals surface area contributed by atoms with Gasteiger partial charge in [0, 0.05) is 27.2 Å². The maximum atomic E-state index is 12.8. The summed E-state index contributed by atoms with van der Waals surface area (Å²) in [6.45, 7) is 11.3. The van der Waals surface area contributed by atoms with E-state index in [0.717, 1.165) is 0 Å². The predicted molar refractivity (Wildman–Crippen MR) is 114 cm³/mol. The maximum absolute atomic E-state index is 12.8. The molecule has 1 aromatic rings. The van der Waals surface area contributed by atoms with E-state index in [4.69, 9.17) is 21.1 Å². The first-order valence-corrected chi connectivity index (χ1v) is 9.80. The van der Waals surface area contributed by atoms with Crippen LogP contribution in [0.25, 0.3) is 0 Å². The number of nitrogens with zero attached hydrogens (tertiary/aromatic N) is 3. The summed E-state index contributed by atoms with van der Waals surface area (Å²) in [4.78, 5) is 39.9. The Morgan fingerprint density at radius 2 is 1.52 bits per heavy atom. The number of hydrogen-bond donors (Lipinski definition) is 0. The minimum Gasteiger partial charge on any atom is -0.444 e. The highest BCUT2D eigenvalue weighted by Crippen LogP contribution is 2.19. The molecule has 0 aromatic carbocycles. The van der Waals surface area contributed by atoms with Gasteiger partial charge in [0.25, 0.3) is 5.56 Å². The zero-order chi connectivity index (χ0) is 22.6. The van der Waals surface area contributed by atoms with Crippen molar-refractivity contribution in [2.24, 2.45) is 7.05 Å². The minimum atomic E-state index is -0.700. The average Bonchev–Trinajstić information content (AvgIpc) is 2.54. The molecule has 0 atom stereocenters. The molecule has 0 aliphatic carbocycles. The van der Waals surface area contributed by atoms with Gasteiger partial charge in [-0.25, -0.2) is 9.59 Å². The lowest BCUT2D eigenvalue weighted by Gasteiger charge is -2.29. The quantitative estimate of drug-likeness (QED) is 0.705. The summed E-state index contributed by atoms with van der Waals surface area (Å²) in [5, 5.41) is 0.0602. The molecule has 0 fully saturated rings. The average molecular weight is 430 g/mol. The Morgan fingerprint density at radius 3 is 2.03 bits per heavy atom. The molecule has 0 aliphatic heterocycles. The number of anilines is 1. The third-order valence-electron chi connectivity index (χ3n) is 3.70. The number of ether oxygens (including phenoxy) is 2. The first-order chi connectivity index (χ1) is 13.1. The van der Waals surface area contributed by atoms with E-state index >= 15 is 0 Å². The van der Waals surface area contributed by atoms with Gasteiger partial charge in [0.2, 0.25) is 0 Å². The van der Waals surface area contributed by atoms with Crippen molar-refractivity contribution < 1.29 is 19.1 Å². The molecule has 9 heteroatoms. The molecule has 164 valence electrons. The Kier molecular flexibility index (Phi) is 8.15. The van der Waals surface area contributed by atoms with E-state index in [1.54, 1.807) is 54.7 Å². The fraction of sp³-hybridized carbons (Fsp3) is 0.650. The van der Waals surface area contributed by atoms with E-state index in [1.807, 2.05) is 0 Å². The van der Waals surface area contributed by atoms with E-state index < -0.39 is 28.9 Å². The van der Waals surface area contributed by atoms with Gasteiger partial charge in [-0.1, -0.05) is 11.6 Å². The standard InChI is InChI=1S/C20H32ClN3O5/c1-19(2,3)28-17(26)22(7)12-9-13-24(18(27)29-20(4,5)6)15-11-10-14(21)16(25)23(15)8/h10-11H,9,12-13H2,1-8H3. The fourth-order valence-corrected chi connectivity index (χ4v) is 2.57. The van der Waals surface area contributed by atoms with Gasteiger partial charge in [-0.05, 0) is 60.1 Å². The Labute approximate surface area is 177 Å². The number of halogens is 1. The molecule has 0 radical (unpaired) electrons. The van der Waals surface area contributed by atoms with Crippen molar-refractivity contribution in [3.63, 3.8) is 0 Å². The number of aromatic nitrogens is 1. The van der Waals surface area contributed by atoms with Crippen molar-refractivity contribution >= 4 is 29.6 Å². The number of pyridine rings is 1. The Morgan fingerprint density at radius 1 is 1.00 bits per heavy atom. The molecule has 1 rings (SSSR count). The van der Waals surface area contributed by atoms with Crippen LogP contribution < -0.4 is 10.5 Å². The SMILES string of the molecule is CN(CCCN(C(=O)OC(C)(C)C)c1ccc(Cl)c(=O)n1C)C(=O)OC(C)(C)C. The first kappa shape index (κ1) is 24.8. The molecule has 0 bridgehead atoms. The van der Waals surface area contributed by atoms with E-state index in [0.29, 0.717) is 18.8 Å². The van der Waals surface area contributed by atoms with Crippen molar-refractivity contribution in [3.05, 3.63) is 27.5 Å². The second kappa shape index (κ2) is 9.52. The molecule has 0 saturated heterocycles. The zero-order valence-electron chi connectivity index (χ0n) is 18.5. The number of carbonyl (C=O) groups excluding carboxylic acids is 2. The molecule has 1 aromatic heterocycles. The van der Waals surface area contributed by atoms with Crippen LogP contribution in [-0.4, -0.2) is 53.0 Å². The van der Waals surface area contributed by atoms with Crippen LogP contribution in [0.3, 0.4) is 0 Å². The number of amides is 2. The highest BCUT2D eigenvalue weighted by Gasteiger charge is 2.26. The first-order valence-electron chi connectivity index (χ1n) is 9.42. The molecule has 0 unspecified atom stereocenters. The summed E-state index contributed by atoms with van der Waals surface area (Å²) in [5.41, 5.74) is -1.70. The number of rotatable bonds is 5. The van der Waals surface area contributed by atoms with E-state index in [-0.39, 0.29) is 11.6 Å². The Balaban J connectivity index is 2.97. The van der Waals surface area contributed by atoms with Gasteiger partial charge in [0.05, 0.1) is 0 Å². The summed E-state index contributed by atoms with van der Waals surface area (Å²) in [5.74, 6) is 0.355. The van der Waals surface area contributed by atoms with Crippen LogP contribution in [0, 0.1) is 0 Å². The van der Waals surface area contributed by atoms with Crippen molar-refractivity contribution in [1.82, 2.24) is 9.47 Å². The van der Waals surface area contributed by atoms with Crippen molar-refractivity contribution in [2.75, 3.05) is 25.0 Å². The normalized spacial score (nSPS) is 11.8. The molecule has 2 amide bonds. The molecule has 8 nitrogen and oxygen atoms in total. The van der Waals surface area contributed by atoms with Crippen molar-refractivity contribution in [3.8, 4) is 0 Å². The van der Waals surface area contributed by atoms with Crippen LogP contribution in [0.2, 0.25) is 5.02 Å². The molecule has 29 heavy (non-hydrogen) atoms. The maximum Gasteiger partial charge on any atom is 0.415 e. The fourth-order valence-electron chi connectivity index (χ4n) is 2.38. The Bertz CT molecular complexity index is 793. The van der Waals surface area contributed by atoms with Gasteiger partial charge in [-0.3, -0.25) is 14.3 Å². The second-order valence-electron chi connectivity index (χ2n) is 8.79. The molecular formula is C20H32ClN3O5. The minimum absolute atomic E-state index is 0.0602. The second-order valence-corrected chi connectivity index (χ2v) is 9.20. The van der Waals surface area contributed by atoms with Crippen LogP contribution in [0.15, 0.2) is 16.9 Å². The molecule has 0 aliphatic rings. The summed E-state index contributed by atoms with van der Waals surface area (Å²) in [6.07, 6.45) is -0.582. The van der Waals surface area contributed by atoms with Crippen LogP contribution in [0.1, 0.15) is 48.0 Å². The molecule has 1 heterocycles. The number of hydrogen-bond acceptors (Lipinski definition) is 5. The highest BCUT2D eigenvalue weighted by atomic mass is 35.5. The van der Waals surface area contributed by atoms with Gasteiger partial charge in [-0.2, -0.15) is 0 Å². The van der Waals surface area contributed by atoms with Gasteiger partial charge in [-0.15, -0.1) is 0 Å². The van der Waals surface area contributed by atoms with Crippen LogP contribution >= 0.6 is 11.6 Å². The van der Waals surface area contributed by atoms with Crippen LogP contribution in [0.5, 0.6) is 0 Å². The van der Waals surface area contributed by atoms with Crippen molar-refractivity contribution in [1.29, 1.82) is 0 Å². The lowest BCUT2D eigenvalue weighted by Crippen LogP contribution is -2.41. The van der Waals surface area contributed by atoms with Crippen molar-refractivity contribution in [2.45, 2.75) is 59.2 Å². The monoisotopic (exact) mass is 429 g/mol. The number of carbonyl (C=O) groups is 2. The van der Waals surface area contributed by atoms with Gasteiger partial charge in [0.15, 0.2) is 0 Å². The van der Waals surface area contributed by atoms with E-state index in [9.17, 15) is 14.4 Å². The van der Waals surface area contributed by atoms with E-state index in [2.05, 4.69) is 0 Å². The zero-order valence-corrected chi connectivity index (χ0v) is 19.3. The summed E-state index contributed by atoms with van der Waals surface area (Å²) >= 11 is 5.88. The van der Waals surface area contributed by atoms with E-state index in [1.165, 1.54) is 27.5 Å². The largest absolute Gasteiger partial charge is 0.444 e. The summed E-state index contributed by atoms with van der Waals surface area (Å²) in [7, 11) is 3.16. The third kappa shape index (κ3) is 7.97.